The Morgan fingerprint density at radius 1 is 1.04 bits per heavy atom. The first-order chi connectivity index (χ1) is 13.0. The lowest BCUT2D eigenvalue weighted by Gasteiger charge is -2.44. The summed E-state index contributed by atoms with van der Waals surface area (Å²) in [5.74, 6) is 0.769. The number of carbonyl (C=O) groups is 1. The average molecular weight is 386 g/mol. The Kier molecular flexibility index (Phi) is 3.66. The molecule has 1 saturated heterocycles. The van der Waals surface area contributed by atoms with Crippen molar-refractivity contribution < 1.29 is 22.7 Å². The monoisotopic (exact) mass is 386 g/mol. The van der Waals surface area contributed by atoms with Crippen molar-refractivity contribution in [2.45, 2.75) is 17.4 Å². The number of benzene rings is 2. The normalized spacial score (nSPS) is 21.7. The van der Waals surface area contributed by atoms with Crippen LogP contribution in [0.25, 0.3) is 0 Å². The van der Waals surface area contributed by atoms with E-state index in [4.69, 9.17) is 9.47 Å². The maximum Gasteiger partial charge on any atom is 0.243 e. The molecule has 2 aromatic carbocycles. The van der Waals surface area contributed by atoms with E-state index in [9.17, 15) is 13.2 Å². The standard InChI is InChI=1S/C19H18N2O5S/c22-19-11-20(10-16-15-4-2-1-3-13(15)7-8-21(16)19)27(23,24)14-5-6-17-18(9-14)26-12-25-17/h1-6,9,16H,7-8,10-12H2. The highest BCUT2D eigenvalue weighted by Crippen LogP contribution is 2.37. The minimum absolute atomic E-state index is 0.0782. The number of piperazine rings is 1. The fourth-order valence-electron chi connectivity index (χ4n) is 4.02. The zero-order valence-electron chi connectivity index (χ0n) is 14.5. The van der Waals surface area contributed by atoms with Crippen molar-refractivity contribution in [3.63, 3.8) is 0 Å². The minimum atomic E-state index is -3.82. The zero-order valence-corrected chi connectivity index (χ0v) is 15.3. The lowest BCUT2D eigenvalue weighted by Crippen LogP contribution is -2.55. The molecule has 0 spiro atoms. The zero-order chi connectivity index (χ0) is 18.6. The van der Waals surface area contributed by atoms with Crippen LogP contribution in [0.1, 0.15) is 17.2 Å². The van der Waals surface area contributed by atoms with E-state index in [1.165, 1.54) is 22.0 Å². The molecule has 0 aromatic heterocycles. The summed E-state index contributed by atoms with van der Waals surface area (Å²) < 4.78 is 38.2. The van der Waals surface area contributed by atoms with Gasteiger partial charge >= 0.3 is 0 Å². The summed E-state index contributed by atoms with van der Waals surface area (Å²) in [6, 6.07) is 12.2. The number of hydrogen-bond donors (Lipinski definition) is 0. The molecule has 0 radical (unpaired) electrons. The van der Waals surface area contributed by atoms with E-state index in [2.05, 4.69) is 0 Å². The largest absolute Gasteiger partial charge is 0.454 e. The number of carbonyl (C=O) groups excluding carboxylic acids is 1. The molecule has 7 nitrogen and oxygen atoms in total. The van der Waals surface area contributed by atoms with Crippen molar-refractivity contribution in [2.75, 3.05) is 26.4 Å². The van der Waals surface area contributed by atoms with Crippen LogP contribution in [-0.4, -0.2) is 50.0 Å². The molecule has 0 aliphatic carbocycles. The lowest BCUT2D eigenvalue weighted by atomic mass is 9.91. The molecule has 3 aliphatic rings. The summed E-state index contributed by atoms with van der Waals surface area (Å²) in [6.07, 6.45) is 0.799. The van der Waals surface area contributed by atoms with Gasteiger partial charge in [-0.15, -0.1) is 0 Å². The number of hydrogen-bond acceptors (Lipinski definition) is 5. The van der Waals surface area contributed by atoms with Crippen LogP contribution in [0.15, 0.2) is 47.4 Å². The van der Waals surface area contributed by atoms with E-state index < -0.39 is 10.0 Å². The van der Waals surface area contributed by atoms with Gasteiger partial charge in [-0.1, -0.05) is 24.3 Å². The van der Waals surface area contributed by atoms with E-state index in [1.807, 2.05) is 24.3 Å². The van der Waals surface area contributed by atoms with Crippen molar-refractivity contribution in [2.24, 2.45) is 0 Å². The SMILES string of the molecule is O=C1CN(S(=O)(=O)c2ccc3c(c2)OCO3)CC2c3ccccc3CCN12. The molecule has 8 heteroatoms. The predicted molar refractivity (Wildman–Crippen MR) is 95.9 cm³/mol. The second kappa shape index (κ2) is 5.97. The highest BCUT2D eigenvalue weighted by atomic mass is 32.2. The van der Waals surface area contributed by atoms with Crippen LogP contribution in [0.2, 0.25) is 0 Å². The maximum absolute atomic E-state index is 13.2. The molecule has 0 N–H and O–H groups in total. The molecular weight excluding hydrogens is 368 g/mol. The molecular formula is C19H18N2O5S. The molecule has 1 unspecified atom stereocenters. The molecule has 0 saturated carbocycles. The predicted octanol–water partition coefficient (Wildman–Crippen LogP) is 1.55. The van der Waals surface area contributed by atoms with Gasteiger partial charge in [-0.3, -0.25) is 4.79 Å². The van der Waals surface area contributed by atoms with E-state index in [-0.39, 0.29) is 36.7 Å². The molecule has 27 heavy (non-hydrogen) atoms. The Balaban J connectivity index is 1.50. The minimum Gasteiger partial charge on any atom is -0.454 e. The molecule has 3 aliphatic heterocycles. The van der Waals surface area contributed by atoms with Crippen LogP contribution >= 0.6 is 0 Å². The van der Waals surface area contributed by atoms with Gasteiger partial charge in [0.25, 0.3) is 0 Å². The van der Waals surface area contributed by atoms with Gasteiger partial charge in [-0.2, -0.15) is 4.31 Å². The van der Waals surface area contributed by atoms with Crippen LogP contribution < -0.4 is 9.47 Å². The first-order valence-corrected chi connectivity index (χ1v) is 10.2. The van der Waals surface area contributed by atoms with Crippen LogP contribution in [-0.2, 0) is 21.2 Å². The molecule has 1 fully saturated rings. The third-order valence-corrected chi connectivity index (χ3v) is 7.21. The average Bonchev–Trinajstić information content (AvgIpc) is 3.15. The Morgan fingerprint density at radius 2 is 1.85 bits per heavy atom. The fourth-order valence-corrected chi connectivity index (χ4v) is 5.43. The van der Waals surface area contributed by atoms with Gasteiger partial charge in [0, 0.05) is 19.2 Å². The van der Waals surface area contributed by atoms with Crippen LogP contribution in [0, 0.1) is 0 Å². The van der Waals surface area contributed by atoms with E-state index in [1.54, 1.807) is 11.0 Å². The van der Waals surface area contributed by atoms with Gasteiger partial charge in [-0.05, 0) is 29.7 Å². The topological polar surface area (TPSA) is 76.2 Å². The molecule has 0 bridgehead atoms. The van der Waals surface area contributed by atoms with E-state index >= 15 is 0 Å². The Hall–Kier alpha value is -2.58. The highest BCUT2D eigenvalue weighted by molar-refractivity contribution is 7.89. The molecule has 5 rings (SSSR count). The van der Waals surface area contributed by atoms with Crippen LogP contribution in [0.4, 0.5) is 0 Å². The summed E-state index contributed by atoms with van der Waals surface area (Å²) in [5, 5.41) is 0. The van der Waals surface area contributed by atoms with Crippen LogP contribution in [0.5, 0.6) is 11.5 Å². The molecule has 1 amide bonds. The quantitative estimate of drug-likeness (QED) is 0.783. The number of nitrogens with zero attached hydrogens (tertiary/aromatic N) is 2. The smallest absolute Gasteiger partial charge is 0.243 e. The molecule has 1 atom stereocenters. The number of ether oxygens (including phenoxy) is 2. The van der Waals surface area contributed by atoms with Crippen molar-refractivity contribution >= 4 is 15.9 Å². The Labute approximate surface area is 157 Å². The van der Waals surface area contributed by atoms with Crippen molar-refractivity contribution in [1.29, 1.82) is 0 Å². The Bertz CT molecular complexity index is 1040. The van der Waals surface area contributed by atoms with E-state index in [0.29, 0.717) is 18.0 Å². The number of amides is 1. The number of fused-ring (bicyclic) bond motifs is 4. The van der Waals surface area contributed by atoms with E-state index in [0.717, 1.165) is 12.0 Å². The Morgan fingerprint density at radius 3 is 2.74 bits per heavy atom. The molecule has 140 valence electrons. The summed E-state index contributed by atoms with van der Waals surface area (Å²) in [5.41, 5.74) is 2.21. The fraction of sp³-hybridized carbons (Fsp3) is 0.316. The van der Waals surface area contributed by atoms with Crippen molar-refractivity contribution in [3.05, 3.63) is 53.6 Å². The summed E-state index contributed by atoms with van der Waals surface area (Å²) in [7, 11) is -3.82. The van der Waals surface area contributed by atoms with Gasteiger partial charge in [0.2, 0.25) is 22.7 Å². The van der Waals surface area contributed by atoms with Gasteiger partial charge in [0.1, 0.15) is 0 Å². The number of rotatable bonds is 2. The van der Waals surface area contributed by atoms with Crippen molar-refractivity contribution in [1.82, 2.24) is 9.21 Å². The second-order valence-corrected chi connectivity index (χ2v) is 8.80. The molecule has 3 heterocycles. The van der Waals surface area contributed by atoms with Gasteiger partial charge in [0.15, 0.2) is 11.5 Å². The van der Waals surface area contributed by atoms with Crippen LogP contribution in [0.3, 0.4) is 0 Å². The summed E-state index contributed by atoms with van der Waals surface area (Å²) in [6.45, 7) is 0.808. The van der Waals surface area contributed by atoms with Crippen molar-refractivity contribution in [3.8, 4) is 11.5 Å². The molecule has 2 aromatic rings. The second-order valence-electron chi connectivity index (χ2n) is 6.86. The first-order valence-electron chi connectivity index (χ1n) is 8.81. The first kappa shape index (κ1) is 16.6. The summed E-state index contributed by atoms with van der Waals surface area (Å²) in [4.78, 5) is 14.6. The number of sulfonamides is 1. The third-order valence-electron chi connectivity index (χ3n) is 5.40. The maximum atomic E-state index is 13.2. The third kappa shape index (κ3) is 2.59. The van der Waals surface area contributed by atoms with Gasteiger partial charge < -0.3 is 14.4 Å². The highest BCUT2D eigenvalue weighted by Gasteiger charge is 2.41. The lowest BCUT2D eigenvalue weighted by molar-refractivity contribution is -0.138. The summed E-state index contributed by atoms with van der Waals surface area (Å²) >= 11 is 0. The van der Waals surface area contributed by atoms with Gasteiger partial charge in [-0.25, -0.2) is 8.42 Å². The van der Waals surface area contributed by atoms with Gasteiger partial charge in [0.05, 0.1) is 17.5 Å².